The van der Waals surface area contributed by atoms with E-state index in [0.717, 1.165) is 42.8 Å². The molecule has 2 rings (SSSR count). The third kappa shape index (κ3) is 13.1. The zero-order valence-electron chi connectivity index (χ0n) is 21.7. The van der Waals surface area contributed by atoms with Crippen molar-refractivity contribution in [3.8, 4) is 0 Å². The number of thioether (sulfide) groups is 1. The predicted molar refractivity (Wildman–Crippen MR) is 143 cm³/mol. The number of carbonyl (C=O) groups excluding carboxylic acids is 3. The van der Waals surface area contributed by atoms with Gasteiger partial charge in [-0.05, 0) is 42.7 Å². The maximum Gasteiger partial charge on any atom is 0.305 e. The van der Waals surface area contributed by atoms with E-state index in [0.29, 0.717) is 38.6 Å². The Hall–Kier alpha value is -2.39. The fourth-order valence-corrected chi connectivity index (χ4v) is 4.87. The van der Waals surface area contributed by atoms with Crippen molar-refractivity contribution < 1.29 is 33.4 Å². The van der Waals surface area contributed by atoms with Gasteiger partial charge in [-0.1, -0.05) is 44.1 Å². The van der Waals surface area contributed by atoms with E-state index in [9.17, 15) is 23.9 Å². The number of aliphatic hydroxyl groups is 1. The van der Waals surface area contributed by atoms with Crippen LogP contribution in [0.5, 0.6) is 0 Å². The molecule has 1 aromatic carbocycles. The van der Waals surface area contributed by atoms with Crippen LogP contribution in [0.15, 0.2) is 36.4 Å². The highest BCUT2D eigenvalue weighted by Gasteiger charge is 2.28. The maximum absolute atomic E-state index is 13.0. The average molecular weight is 538 g/mol. The van der Waals surface area contributed by atoms with Crippen LogP contribution in [0.1, 0.15) is 63.9 Å². The number of halogens is 1. The van der Waals surface area contributed by atoms with E-state index in [1.165, 1.54) is 12.1 Å². The largest absolute Gasteiger partial charge is 0.462 e. The van der Waals surface area contributed by atoms with Crippen LogP contribution in [0.3, 0.4) is 0 Å². The molecule has 0 saturated carbocycles. The van der Waals surface area contributed by atoms with Gasteiger partial charge in [0.05, 0.1) is 12.1 Å². The van der Waals surface area contributed by atoms with Crippen LogP contribution in [-0.2, 0) is 30.3 Å². The van der Waals surface area contributed by atoms with Crippen LogP contribution in [0, 0.1) is 5.82 Å². The van der Waals surface area contributed by atoms with E-state index in [4.69, 9.17) is 9.47 Å². The Bertz CT molecular complexity index is 863. The molecule has 1 fully saturated rings. The van der Waals surface area contributed by atoms with Crippen molar-refractivity contribution in [2.45, 2.75) is 76.9 Å². The lowest BCUT2D eigenvalue weighted by Crippen LogP contribution is -2.34. The minimum Gasteiger partial charge on any atom is -0.462 e. The summed E-state index contributed by atoms with van der Waals surface area (Å²) in [5.41, 5.74) is 0.847. The zero-order chi connectivity index (χ0) is 26.9. The third-order valence-corrected chi connectivity index (χ3v) is 7.08. The van der Waals surface area contributed by atoms with E-state index in [1.807, 2.05) is 11.0 Å². The number of ether oxygens (including phenoxy) is 2. The van der Waals surface area contributed by atoms with Gasteiger partial charge in [-0.15, -0.1) is 0 Å². The first-order valence-corrected chi connectivity index (χ1v) is 14.3. The maximum atomic E-state index is 13.0. The van der Waals surface area contributed by atoms with Crippen molar-refractivity contribution >= 4 is 29.6 Å². The van der Waals surface area contributed by atoms with Gasteiger partial charge in [0, 0.05) is 38.0 Å². The molecule has 2 atom stereocenters. The Kier molecular flexibility index (Phi) is 15.0. The molecule has 0 bridgehead atoms. The van der Waals surface area contributed by atoms with Crippen LogP contribution in [0.4, 0.5) is 4.39 Å². The Morgan fingerprint density at radius 2 is 1.78 bits per heavy atom. The van der Waals surface area contributed by atoms with E-state index in [1.54, 1.807) is 30.0 Å². The Balaban J connectivity index is 1.55. The summed E-state index contributed by atoms with van der Waals surface area (Å²) in [7, 11) is 0. The Morgan fingerprint density at radius 1 is 1.11 bits per heavy atom. The van der Waals surface area contributed by atoms with Gasteiger partial charge >= 0.3 is 11.9 Å². The number of esters is 2. The molecule has 7 nitrogen and oxygen atoms in total. The highest BCUT2D eigenvalue weighted by Crippen LogP contribution is 2.21. The molecular formula is C28H40FNO6S. The lowest BCUT2D eigenvalue weighted by Gasteiger charge is -2.22. The lowest BCUT2D eigenvalue weighted by molar-refractivity contribution is -0.152. The first-order chi connectivity index (χ1) is 17.9. The van der Waals surface area contributed by atoms with Crippen molar-refractivity contribution in [3.05, 3.63) is 47.8 Å². The number of hydrogen-bond acceptors (Lipinski definition) is 7. The molecule has 1 aliphatic rings. The lowest BCUT2D eigenvalue weighted by atomic mass is 10.1. The molecule has 37 heavy (non-hydrogen) atoms. The SMILES string of the molecule is CCCCCC(=O)OCCOC(=O)CCCSCCN1C(=O)CC[C@@H]1C=C[C@@H](O)Cc1ccc(F)cc1. The zero-order valence-corrected chi connectivity index (χ0v) is 22.6. The Labute approximate surface area is 223 Å². The summed E-state index contributed by atoms with van der Waals surface area (Å²) in [5.74, 6) is 0.785. The molecule has 0 spiro atoms. The van der Waals surface area contributed by atoms with Crippen LogP contribution in [-0.4, -0.2) is 71.3 Å². The second-order valence-electron chi connectivity index (χ2n) is 9.09. The van der Waals surface area contributed by atoms with Gasteiger partial charge in [0.1, 0.15) is 19.0 Å². The molecule has 9 heteroatoms. The number of likely N-dealkylation sites (tertiary alicyclic amines) is 1. The number of carbonyl (C=O) groups is 3. The summed E-state index contributed by atoms with van der Waals surface area (Å²) in [6.07, 6.45) is 8.75. The molecule has 0 aromatic heterocycles. The molecular weight excluding hydrogens is 497 g/mol. The number of rotatable bonds is 18. The number of hydrogen-bond donors (Lipinski definition) is 1. The molecule has 1 aromatic rings. The second kappa shape index (κ2) is 18.0. The topological polar surface area (TPSA) is 93.1 Å². The molecule has 1 heterocycles. The van der Waals surface area contributed by atoms with Crippen LogP contribution >= 0.6 is 11.8 Å². The van der Waals surface area contributed by atoms with Crippen molar-refractivity contribution in [2.24, 2.45) is 0 Å². The van der Waals surface area contributed by atoms with Crippen molar-refractivity contribution in [1.29, 1.82) is 0 Å². The fourth-order valence-electron chi connectivity index (χ4n) is 3.99. The number of nitrogens with zero attached hydrogens (tertiary/aromatic N) is 1. The number of unbranched alkanes of at least 4 members (excludes halogenated alkanes) is 2. The summed E-state index contributed by atoms with van der Waals surface area (Å²) < 4.78 is 23.2. The van der Waals surface area contributed by atoms with E-state index >= 15 is 0 Å². The summed E-state index contributed by atoms with van der Waals surface area (Å²) in [6.45, 7) is 2.85. The molecule has 0 aliphatic carbocycles. The normalized spacial score (nSPS) is 16.4. The van der Waals surface area contributed by atoms with Crippen LogP contribution in [0.2, 0.25) is 0 Å². The molecule has 0 radical (unpaired) electrons. The van der Waals surface area contributed by atoms with Gasteiger partial charge in [-0.2, -0.15) is 11.8 Å². The summed E-state index contributed by atoms with van der Waals surface area (Å²) in [6, 6.07) is 6.02. The van der Waals surface area contributed by atoms with Crippen LogP contribution < -0.4 is 0 Å². The molecule has 1 saturated heterocycles. The van der Waals surface area contributed by atoms with Gasteiger partial charge in [-0.25, -0.2) is 4.39 Å². The number of benzene rings is 1. The molecule has 1 aliphatic heterocycles. The summed E-state index contributed by atoms with van der Waals surface area (Å²) in [5, 5.41) is 10.3. The average Bonchev–Trinajstić information content (AvgIpc) is 3.23. The molecule has 0 unspecified atom stereocenters. The highest BCUT2D eigenvalue weighted by molar-refractivity contribution is 7.99. The predicted octanol–water partition coefficient (Wildman–Crippen LogP) is 4.46. The van der Waals surface area contributed by atoms with Gasteiger partial charge in [-0.3, -0.25) is 14.4 Å². The minimum atomic E-state index is -0.699. The standard InChI is InChI=1S/C28H40FNO6S/c1-2-3-4-6-27(33)35-17-18-36-28(34)7-5-19-37-20-16-30-24(13-15-26(30)32)12-14-25(31)21-22-8-10-23(29)11-9-22/h8-12,14,24-25,31H,2-7,13,15-21H2,1H3/t24-,25+/m0/s1. The first-order valence-electron chi connectivity index (χ1n) is 13.2. The number of aliphatic hydroxyl groups excluding tert-OH is 1. The van der Waals surface area contributed by atoms with E-state index < -0.39 is 6.10 Å². The second-order valence-corrected chi connectivity index (χ2v) is 10.3. The quantitative estimate of drug-likeness (QED) is 0.168. The third-order valence-electron chi connectivity index (χ3n) is 6.03. The smallest absolute Gasteiger partial charge is 0.305 e. The minimum absolute atomic E-state index is 0.0355. The van der Waals surface area contributed by atoms with Gasteiger partial charge < -0.3 is 19.5 Å². The molecule has 1 amide bonds. The number of amides is 1. The Morgan fingerprint density at radius 3 is 2.46 bits per heavy atom. The fraction of sp³-hybridized carbons (Fsp3) is 0.607. The summed E-state index contributed by atoms with van der Waals surface area (Å²) in [4.78, 5) is 37.4. The monoisotopic (exact) mass is 537 g/mol. The van der Waals surface area contributed by atoms with Crippen molar-refractivity contribution in [2.75, 3.05) is 31.3 Å². The van der Waals surface area contributed by atoms with Crippen molar-refractivity contribution in [3.63, 3.8) is 0 Å². The summed E-state index contributed by atoms with van der Waals surface area (Å²) >= 11 is 1.68. The molecule has 206 valence electrons. The van der Waals surface area contributed by atoms with Gasteiger partial charge in [0.15, 0.2) is 0 Å². The first kappa shape index (κ1) is 30.8. The highest BCUT2D eigenvalue weighted by atomic mass is 32.2. The van der Waals surface area contributed by atoms with Gasteiger partial charge in [0.25, 0.3) is 0 Å². The van der Waals surface area contributed by atoms with E-state index in [-0.39, 0.29) is 42.9 Å². The van der Waals surface area contributed by atoms with Crippen molar-refractivity contribution in [1.82, 2.24) is 4.90 Å². The molecule has 1 N–H and O–H groups in total. The van der Waals surface area contributed by atoms with Gasteiger partial charge in [0.2, 0.25) is 5.91 Å². The van der Waals surface area contributed by atoms with E-state index in [2.05, 4.69) is 6.92 Å². The van der Waals surface area contributed by atoms with Crippen LogP contribution in [0.25, 0.3) is 0 Å².